The van der Waals surface area contributed by atoms with Crippen molar-refractivity contribution in [3.8, 4) is 11.5 Å². The summed E-state index contributed by atoms with van der Waals surface area (Å²) in [6.45, 7) is 7.32. The predicted octanol–water partition coefficient (Wildman–Crippen LogP) is 4.23. The Morgan fingerprint density at radius 1 is 1.14 bits per heavy atom. The van der Waals surface area contributed by atoms with Crippen LogP contribution in [0.25, 0.3) is 0 Å². The number of rotatable bonds is 6. The highest BCUT2D eigenvalue weighted by Gasteiger charge is 2.13. The van der Waals surface area contributed by atoms with E-state index < -0.39 is 0 Å². The largest absolute Gasteiger partial charge is 0.497 e. The summed E-state index contributed by atoms with van der Waals surface area (Å²) in [5, 5.41) is 3.57. The first kappa shape index (κ1) is 15.9. The Kier molecular flexibility index (Phi) is 5.26. The van der Waals surface area contributed by atoms with E-state index in [1.54, 1.807) is 14.2 Å². The van der Waals surface area contributed by atoms with Gasteiger partial charge in [-0.05, 0) is 50.6 Å². The molecule has 1 atom stereocenters. The third-order valence-corrected chi connectivity index (χ3v) is 4.65. The normalized spacial score (nSPS) is 12.2. The Hall–Kier alpha value is -1.52. The second kappa shape index (κ2) is 6.96. The van der Waals surface area contributed by atoms with Crippen molar-refractivity contribution < 1.29 is 9.47 Å². The zero-order valence-electron chi connectivity index (χ0n) is 13.3. The molecular weight excluding hydrogens is 282 g/mol. The summed E-state index contributed by atoms with van der Waals surface area (Å²) in [7, 11) is 3.38. The molecule has 1 aromatic heterocycles. The monoisotopic (exact) mass is 305 g/mol. The molecule has 0 spiro atoms. The minimum atomic E-state index is 0.189. The predicted molar refractivity (Wildman–Crippen MR) is 88.6 cm³/mol. The molecule has 0 bridgehead atoms. The number of hydrogen-bond acceptors (Lipinski definition) is 4. The van der Waals surface area contributed by atoms with E-state index in [2.05, 4.69) is 32.2 Å². The maximum Gasteiger partial charge on any atom is 0.123 e. The van der Waals surface area contributed by atoms with Crippen LogP contribution < -0.4 is 14.8 Å². The lowest BCUT2D eigenvalue weighted by Crippen LogP contribution is -2.19. The Morgan fingerprint density at radius 3 is 2.48 bits per heavy atom. The lowest BCUT2D eigenvalue weighted by atomic mass is 10.1. The van der Waals surface area contributed by atoms with Crippen molar-refractivity contribution >= 4 is 11.3 Å². The van der Waals surface area contributed by atoms with Gasteiger partial charge in [-0.15, -0.1) is 11.3 Å². The van der Waals surface area contributed by atoms with Crippen LogP contribution >= 0.6 is 11.3 Å². The first-order valence-corrected chi connectivity index (χ1v) is 7.88. The van der Waals surface area contributed by atoms with Crippen LogP contribution in [0.3, 0.4) is 0 Å². The van der Waals surface area contributed by atoms with Crippen LogP contribution in [0.1, 0.15) is 33.8 Å². The van der Waals surface area contributed by atoms with E-state index in [0.29, 0.717) is 0 Å². The molecule has 114 valence electrons. The molecule has 1 aromatic carbocycles. The van der Waals surface area contributed by atoms with Crippen molar-refractivity contribution in [2.45, 2.75) is 33.4 Å². The number of ether oxygens (including phenoxy) is 2. The topological polar surface area (TPSA) is 30.5 Å². The summed E-state index contributed by atoms with van der Waals surface area (Å²) in [6.07, 6.45) is 0. The highest BCUT2D eigenvalue weighted by molar-refractivity contribution is 7.12. The molecule has 0 aliphatic rings. The Balaban J connectivity index is 2.12. The molecule has 0 aliphatic carbocycles. The van der Waals surface area contributed by atoms with Crippen LogP contribution in [0.4, 0.5) is 0 Å². The molecule has 1 N–H and O–H groups in total. The summed E-state index contributed by atoms with van der Waals surface area (Å²) in [6, 6.07) is 8.34. The van der Waals surface area contributed by atoms with Crippen LogP contribution in [0.5, 0.6) is 11.5 Å². The minimum absolute atomic E-state index is 0.189. The SMILES string of the molecule is COc1ccc(OC)c(C(C)NCc2cc(C)sc2C)c1. The van der Waals surface area contributed by atoms with Crippen molar-refractivity contribution in [3.63, 3.8) is 0 Å². The smallest absolute Gasteiger partial charge is 0.123 e. The van der Waals surface area contributed by atoms with Gasteiger partial charge in [0.15, 0.2) is 0 Å². The van der Waals surface area contributed by atoms with E-state index >= 15 is 0 Å². The molecule has 0 amide bonds. The number of hydrogen-bond donors (Lipinski definition) is 1. The lowest BCUT2D eigenvalue weighted by molar-refractivity contribution is 0.391. The molecule has 2 aromatic rings. The van der Waals surface area contributed by atoms with Crippen LogP contribution in [0.2, 0.25) is 0 Å². The van der Waals surface area contributed by atoms with Crippen LogP contribution in [-0.2, 0) is 6.54 Å². The molecule has 2 rings (SSSR count). The number of benzene rings is 1. The van der Waals surface area contributed by atoms with E-state index in [4.69, 9.17) is 9.47 Å². The van der Waals surface area contributed by atoms with Crippen LogP contribution in [0.15, 0.2) is 24.3 Å². The van der Waals surface area contributed by atoms with Crippen molar-refractivity contribution in [1.29, 1.82) is 0 Å². The van der Waals surface area contributed by atoms with Crippen molar-refractivity contribution in [3.05, 3.63) is 45.1 Å². The van der Waals surface area contributed by atoms with Gasteiger partial charge in [-0.1, -0.05) is 0 Å². The van der Waals surface area contributed by atoms with Gasteiger partial charge in [0.2, 0.25) is 0 Å². The molecule has 1 heterocycles. The lowest BCUT2D eigenvalue weighted by Gasteiger charge is -2.18. The summed E-state index contributed by atoms with van der Waals surface area (Å²) in [4.78, 5) is 2.74. The molecule has 0 fully saturated rings. The second-order valence-corrected chi connectivity index (χ2v) is 6.61. The van der Waals surface area contributed by atoms with Crippen molar-refractivity contribution in [1.82, 2.24) is 5.32 Å². The molecule has 1 unspecified atom stereocenters. The van der Waals surface area contributed by atoms with Crippen molar-refractivity contribution in [2.24, 2.45) is 0 Å². The average molecular weight is 305 g/mol. The average Bonchev–Trinajstić information content (AvgIpc) is 2.81. The zero-order chi connectivity index (χ0) is 15.4. The maximum atomic E-state index is 5.45. The standard InChI is InChI=1S/C17H23NO2S/c1-11-8-14(13(3)21-11)10-18-12(2)16-9-15(19-4)6-7-17(16)20-5/h6-9,12,18H,10H2,1-5H3. The highest BCUT2D eigenvalue weighted by Crippen LogP contribution is 2.30. The van der Waals surface area contributed by atoms with Gasteiger partial charge in [0.1, 0.15) is 11.5 Å². The van der Waals surface area contributed by atoms with Gasteiger partial charge in [-0.25, -0.2) is 0 Å². The second-order valence-electron chi connectivity index (χ2n) is 5.15. The Bertz CT molecular complexity index is 607. The fourth-order valence-corrected chi connectivity index (χ4v) is 3.36. The molecule has 0 radical (unpaired) electrons. The molecular formula is C17H23NO2S. The minimum Gasteiger partial charge on any atom is -0.497 e. The Morgan fingerprint density at radius 2 is 1.90 bits per heavy atom. The fourth-order valence-electron chi connectivity index (χ4n) is 2.41. The van der Waals surface area contributed by atoms with Gasteiger partial charge in [0.05, 0.1) is 14.2 Å². The maximum absolute atomic E-state index is 5.45. The molecule has 0 saturated carbocycles. The number of methoxy groups -OCH3 is 2. The van der Waals surface area contributed by atoms with E-state index in [1.165, 1.54) is 15.3 Å². The zero-order valence-corrected chi connectivity index (χ0v) is 14.1. The van der Waals surface area contributed by atoms with Gasteiger partial charge in [-0.3, -0.25) is 0 Å². The van der Waals surface area contributed by atoms with Gasteiger partial charge in [0.25, 0.3) is 0 Å². The fraction of sp³-hybridized carbons (Fsp3) is 0.412. The molecule has 4 heteroatoms. The number of aryl methyl sites for hydroxylation is 2. The van der Waals surface area contributed by atoms with Crippen LogP contribution in [0, 0.1) is 13.8 Å². The quantitative estimate of drug-likeness (QED) is 0.866. The molecule has 0 saturated heterocycles. The molecule has 3 nitrogen and oxygen atoms in total. The summed E-state index contributed by atoms with van der Waals surface area (Å²) >= 11 is 1.85. The van der Waals surface area contributed by atoms with Gasteiger partial charge in [-0.2, -0.15) is 0 Å². The third-order valence-electron chi connectivity index (χ3n) is 3.65. The van der Waals surface area contributed by atoms with Crippen molar-refractivity contribution in [2.75, 3.05) is 14.2 Å². The summed E-state index contributed by atoms with van der Waals surface area (Å²) in [5.74, 6) is 1.73. The van der Waals surface area contributed by atoms with E-state index in [-0.39, 0.29) is 6.04 Å². The summed E-state index contributed by atoms with van der Waals surface area (Å²) < 4.78 is 10.8. The van der Waals surface area contributed by atoms with Gasteiger partial charge < -0.3 is 14.8 Å². The number of nitrogens with one attached hydrogen (secondary N) is 1. The first-order chi connectivity index (χ1) is 10.0. The van der Waals surface area contributed by atoms with Crippen LogP contribution in [-0.4, -0.2) is 14.2 Å². The van der Waals surface area contributed by atoms with Gasteiger partial charge >= 0.3 is 0 Å². The van der Waals surface area contributed by atoms with E-state index in [9.17, 15) is 0 Å². The van der Waals surface area contributed by atoms with Gasteiger partial charge in [0, 0.05) is 27.9 Å². The molecule has 21 heavy (non-hydrogen) atoms. The first-order valence-electron chi connectivity index (χ1n) is 7.06. The molecule has 0 aliphatic heterocycles. The number of thiophene rings is 1. The highest BCUT2D eigenvalue weighted by atomic mass is 32.1. The summed E-state index contributed by atoms with van der Waals surface area (Å²) in [5.41, 5.74) is 2.48. The van der Waals surface area contributed by atoms with E-state index in [0.717, 1.165) is 23.6 Å². The Labute approximate surface area is 130 Å². The third kappa shape index (κ3) is 3.77. The van der Waals surface area contributed by atoms with E-state index in [1.807, 2.05) is 29.5 Å².